The summed E-state index contributed by atoms with van der Waals surface area (Å²) in [5, 5.41) is 14.2. The van der Waals surface area contributed by atoms with Crippen LogP contribution in [0.25, 0.3) is 11.3 Å². The maximum Gasteiger partial charge on any atom is 0.335 e. The SMILES string of the molecule is COc1cc(NC(=O)C(=O)NC(C)(C)CCOc2ccc(C(=O)O)cc2)ccc1-c1cnco1. The molecule has 2 aromatic carbocycles. The molecule has 0 spiro atoms. The van der Waals surface area contributed by atoms with Crippen LogP contribution in [0.15, 0.2) is 59.5 Å². The maximum atomic E-state index is 12.4. The summed E-state index contributed by atoms with van der Waals surface area (Å²) in [7, 11) is 1.48. The Balaban J connectivity index is 1.52. The Morgan fingerprint density at radius 1 is 1.09 bits per heavy atom. The molecule has 10 nitrogen and oxygen atoms in total. The first-order valence-electron chi connectivity index (χ1n) is 10.3. The number of oxazole rings is 1. The van der Waals surface area contributed by atoms with E-state index in [-0.39, 0.29) is 12.2 Å². The van der Waals surface area contributed by atoms with Gasteiger partial charge in [0, 0.05) is 23.7 Å². The van der Waals surface area contributed by atoms with E-state index < -0.39 is 23.3 Å². The number of benzene rings is 2. The molecule has 1 aromatic heterocycles. The summed E-state index contributed by atoms with van der Waals surface area (Å²) in [6, 6.07) is 10.9. The van der Waals surface area contributed by atoms with Crippen molar-refractivity contribution in [2.24, 2.45) is 0 Å². The summed E-state index contributed by atoms with van der Waals surface area (Å²) >= 11 is 0. The maximum absolute atomic E-state index is 12.4. The van der Waals surface area contributed by atoms with Crippen LogP contribution in [-0.4, -0.2) is 47.1 Å². The van der Waals surface area contributed by atoms with Crippen molar-refractivity contribution in [2.75, 3.05) is 19.0 Å². The zero-order valence-electron chi connectivity index (χ0n) is 19.0. The van der Waals surface area contributed by atoms with Crippen LogP contribution in [0.3, 0.4) is 0 Å². The van der Waals surface area contributed by atoms with E-state index in [4.69, 9.17) is 19.0 Å². The number of methoxy groups -OCH3 is 1. The number of rotatable bonds is 9. The van der Waals surface area contributed by atoms with Gasteiger partial charge in [-0.1, -0.05) is 0 Å². The molecule has 0 saturated carbocycles. The highest BCUT2D eigenvalue weighted by molar-refractivity contribution is 6.39. The van der Waals surface area contributed by atoms with Gasteiger partial charge in [0.25, 0.3) is 0 Å². The largest absolute Gasteiger partial charge is 0.496 e. The third-order valence-electron chi connectivity index (χ3n) is 4.91. The van der Waals surface area contributed by atoms with Crippen molar-refractivity contribution in [3.05, 3.63) is 60.6 Å². The average molecular weight is 467 g/mol. The van der Waals surface area contributed by atoms with Crippen LogP contribution in [0.1, 0.15) is 30.6 Å². The zero-order chi connectivity index (χ0) is 24.7. The molecule has 3 aromatic rings. The highest BCUT2D eigenvalue weighted by Gasteiger charge is 2.25. The highest BCUT2D eigenvalue weighted by Crippen LogP contribution is 2.32. The van der Waals surface area contributed by atoms with Gasteiger partial charge in [-0.05, 0) is 50.2 Å². The van der Waals surface area contributed by atoms with Gasteiger partial charge in [-0.25, -0.2) is 9.78 Å². The van der Waals surface area contributed by atoms with Crippen molar-refractivity contribution < 1.29 is 33.4 Å². The standard InChI is InChI=1S/C24H25N3O7/c1-24(2,10-11-33-17-7-4-15(5-8-17)23(30)31)27-22(29)21(28)26-16-6-9-18(19(12-16)32-3)20-13-25-14-34-20/h4-9,12-14H,10-11H2,1-3H3,(H,26,28)(H,27,29)(H,30,31). The van der Waals surface area contributed by atoms with E-state index in [1.165, 1.54) is 25.6 Å². The Hall–Kier alpha value is -4.34. The third-order valence-corrected chi connectivity index (χ3v) is 4.91. The summed E-state index contributed by atoms with van der Waals surface area (Å²) in [6.07, 6.45) is 3.25. The number of ether oxygens (including phenoxy) is 2. The molecule has 2 amide bonds. The Labute approximate surface area is 195 Å². The minimum atomic E-state index is -1.02. The molecule has 0 bridgehead atoms. The van der Waals surface area contributed by atoms with Crippen molar-refractivity contribution in [1.29, 1.82) is 0 Å². The fourth-order valence-corrected chi connectivity index (χ4v) is 3.05. The molecule has 10 heteroatoms. The van der Waals surface area contributed by atoms with Crippen LogP contribution in [-0.2, 0) is 9.59 Å². The van der Waals surface area contributed by atoms with Gasteiger partial charge in [-0.3, -0.25) is 9.59 Å². The molecule has 0 fully saturated rings. The minimum absolute atomic E-state index is 0.163. The van der Waals surface area contributed by atoms with Crippen molar-refractivity contribution in [3.8, 4) is 22.8 Å². The van der Waals surface area contributed by atoms with E-state index in [2.05, 4.69) is 15.6 Å². The molecule has 0 saturated heterocycles. The molecule has 3 N–H and O–H groups in total. The Bertz CT molecular complexity index is 1160. The molecule has 0 aliphatic carbocycles. The number of hydrogen-bond acceptors (Lipinski definition) is 7. The summed E-state index contributed by atoms with van der Waals surface area (Å²) in [6.45, 7) is 3.79. The highest BCUT2D eigenvalue weighted by atomic mass is 16.5. The summed E-state index contributed by atoms with van der Waals surface area (Å²) in [4.78, 5) is 39.6. The number of carboxylic acids is 1. The van der Waals surface area contributed by atoms with Crippen LogP contribution < -0.4 is 20.1 Å². The second-order valence-electron chi connectivity index (χ2n) is 8.00. The van der Waals surface area contributed by atoms with Crippen molar-refractivity contribution in [2.45, 2.75) is 25.8 Å². The number of amides is 2. The summed E-state index contributed by atoms with van der Waals surface area (Å²) in [5.74, 6) is -1.18. The first kappa shape index (κ1) is 24.3. The van der Waals surface area contributed by atoms with Gasteiger partial charge in [-0.15, -0.1) is 0 Å². The number of nitrogens with one attached hydrogen (secondary N) is 2. The quantitative estimate of drug-likeness (QED) is 0.407. The van der Waals surface area contributed by atoms with Gasteiger partial charge in [0.2, 0.25) is 0 Å². The normalized spacial score (nSPS) is 10.9. The number of aromatic nitrogens is 1. The minimum Gasteiger partial charge on any atom is -0.496 e. The Kier molecular flexibility index (Phi) is 7.52. The number of aromatic carboxylic acids is 1. The van der Waals surface area contributed by atoms with Crippen molar-refractivity contribution >= 4 is 23.5 Å². The summed E-state index contributed by atoms with van der Waals surface area (Å²) in [5.41, 5.74) is 0.465. The first-order valence-corrected chi connectivity index (χ1v) is 10.3. The van der Waals surface area contributed by atoms with Crippen LogP contribution in [0, 0.1) is 0 Å². The Morgan fingerprint density at radius 2 is 1.82 bits per heavy atom. The number of carboxylic acid groups (broad SMARTS) is 1. The van der Waals surface area contributed by atoms with Crippen LogP contribution in [0.5, 0.6) is 11.5 Å². The fraction of sp³-hybridized carbons (Fsp3) is 0.250. The van der Waals surface area contributed by atoms with Gasteiger partial charge in [0.15, 0.2) is 12.2 Å². The number of carbonyl (C=O) groups is 3. The molecular weight excluding hydrogens is 442 g/mol. The number of anilines is 1. The molecule has 178 valence electrons. The first-order chi connectivity index (χ1) is 16.2. The molecule has 1 heterocycles. The van der Waals surface area contributed by atoms with Gasteiger partial charge in [0.05, 0.1) is 31.0 Å². The van der Waals surface area contributed by atoms with Crippen LogP contribution >= 0.6 is 0 Å². The number of carbonyl (C=O) groups excluding carboxylic acids is 2. The van der Waals surface area contributed by atoms with Gasteiger partial charge < -0.3 is 29.6 Å². The monoisotopic (exact) mass is 467 g/mol. The lowest BCUT2D eigenvalue weighted by Crippen LogP contribution is -2.48. The van der Waals surface area contributed by atoms with E-state index in [0.29, 0.717) is 34.9 Å². The molecular formula is C24H25N3O7. The average Bonchev–Trinajstić information content (AvgIpc) is 3.33. The third kappa shape index (κ3) is 6.35. The predicted octanol–water partition coefficient (Wildman–Crippen LogP) is 3.35. The molecule has 3 rings (SSSR count). The van der Waals surface area contributed by atoms with Crippen molar-refractivity contribution in [1.82, 2.24) is 10.3 Å². The van der Waals surface area contributed by atoms with Gasteiger partial charge in [0.1, 0.15) is 11.5 Å². The predicted molar refractivity (Wildman–Crippen MR) is 123 cm³/mol. The second kappa shape index (κ2) is 10.5. The van der Waals surface area contributed by atoms with E-state index in [1.54, 1.807) is 50.4 Å². The number of nitrogens with zero attached hydrogens (tertiary/aromatic N) is 1. The molecule has 0 atom stereocenters. The van der Waals surface area contributed by atoms with Crippen LogP contribution in [0.4, 0.5) is 5.69 Å². The molecule has 0 aliphatic rings. The van der Waals surface area contributed by atoms with E-state index >= 15 is 0 Å². The van der Waals surface area contributed by atoms with E-state index in [0.717, 1.165) is 0 Å². The fourth-order valence-electron chi connectivity index (χ4n) is 3.05. The smallest absolute Gasteiger partial charge is 0.335 e. The van der Waals surface area contributed by atoms with E-state index in [1.807, 2.05) is 0 Å². The number of hydrogen-bond donors (Lipinski definition) is 3. The molecule has 34 heavy (non-hydrogen) atoms. The lowest BCUT2D eigenvalue weighted by atomic mass is 10.0. The van der Waals surface area contributed by atoms with Crippen molar-refractivity contribution in [3.63, 3.8) is 0 Å². The Morgan fingerprint density at radius 3 is 2.44 bits per heavy atom. The second-order valence-corrected chi connectivity index (χ2v) is 8.00. The summed E-state index contributed by atoms with van der Waals surface area (Å²) < 4.78 is 16.2. The van der Waals surface area contributed by atoms with Crippen LogP contribution in [0.2, 0.25) is 0 Å². The molecule has 0 aliphatic heterocycles. The lowest BCUT2D eigenvalue weighted by molar-refractivity contribution is -0.137. The zero-order valence-corrected chi connectivity index (χ0v) is 19.0. The molecule has 0 unspecified atom stereocenters. The van der Waals surface area contributed by atoms with Gasteiger partial charge >= 0.3 is 17.8 Å². The molecule has 0 radical (unpaired) electrons. The lowest BCUT2D eigenvalue weighted by Gasteiger charge is -2.26. The van der Waals surface area contributed by atoms with Gasteiger partial charge in [-0.2, -0.15) is 0 Å². The van der Waals surface area contributed by atoms with E-state index in [9.17, 15) is 14.4 Å². The topological polar surface area (TPSA) is 140 Å².